The number of furan rings is 1. The van der Waals surface area contributed by atoms with Crippen LogP contribution in [-0.4, -0.2) is 44.4 Å². The Morgan fingerprint density at radius 1 is 1.00 bits per heavy atom. The molecule has 41 heavy (non-hydrogen) atoms. The minimum atomic E-state index is -1.10. The summed E-state index contributed by atoms with van der Waals surface area (Å²) in [5.41, 5.74) is 9.61. The topological polar surface area (TPSA) is 155 Å². The Balaban J connectivity index is 1.35. The van der Waals surface area contributed by atoms with Gasteiger partial charge in [0.05, 0.1) is 23.0 Å². The molecule has 12 nitrogen and oxygen atoms in total. The number of ether oxygens (including phenoxy) is 1. The Labute approximate surface area is 232 Å². The number of nitrogens with two attached hydrogens (primary N) is 1. The number of anilines is 1. The third-order valence-electron chi connectivity index (χ3n) is 6.53. The van der Waals surface area contributed by atoms with Crippen molar-refractivity contribution >= 4 is 22.6 Å². The molecule has 0 aliphatic heterocycles. The van der Waals surface area contributed by atoms with E-state index in [1.807, 2.05) is 41.1 Å². The normalized spacial score (nSPS) is 11.9. The van der Waals surface area contributed by atoms with Crippen LogP contribution in [0.2, 0.25) is 0 Å². The van der Waals surface area contributed by atoms with E-state index in [0.29, 0.717) is 51.2 Å². The highest BCUT2D eigenvalue weighted by Gasteiger charge is 2.23. The van der Waals surface area contributed by atoms with Crippen LogP contribution >= 0.6 is 0 Å². The lowest BCUT2D eigenvalue weighted by Gasteiger charge is -2.17. The first-order chi connectivity index (χ1) is 19.8. The Bertz CT molecular complexity index is 2040. The van der Waals surface area contributed by atoms with Crippen LogP contribution in [0.5, 0.6) is 11.6 Å². The molecule has 6 heterocycles. The number of fused-ring (bicyclic) bond motifs is 2. The van der Waals surface area contributed by atoms with Gasteiger partial charge >= 0.3 is 0 Å². The predicted octanol–water partition coefficient (Wildman–Crippen LogP) is 4.78. The van der Waals surface area contributed by atoms with E-state index in [1.54, 1.807) is 67.4 Å². The smallest absolute Gasteiger partial charge is 0.222 e. The van der Waals surface area contributed by atoms with E-state index in [-0.39, 0.29) is 5.95 Å². The molecular weight excluding hydrogens is 522 g/mol. The average molecular weight is 546 g/mol. The lowest BCUT2D eigenvalue weighted by molar-refractivity contribution is 0.0733. The molecule has 12 heteroatoms. The number of aliphatic hydroxyl groups is 1. The fourth-order valence-corrected chi connectivity index (χ4v) is 4.60. The number of imidazole rings is 1. The number of pyridine rings is 2. The van der Waals surface area contributed by atoms with Crippen molar-refractivity contribution in [1.29, 1.82) is 0 Å². The van der Waals surface area contributed by atoms with Gasteiger partial charge in [-0.1, -0.05) is 11.3 Å². The number of benzene rings is 1. The third kappa shape index (κ3) is 4.41. The van der Waals surface area contributed by atoms with Crippen LogP contribution in [-0.2, 0) is 5.60 Å². The van der Waals surface area contributed by atoms with Crippen molar-refractivity contribution in [2.75, 3.05) is 5.73 Å². The molecule has 0 spiro atoms. The number of hydrogen-bond donors (Lipinski definition) is 2. The van der Waals surface area contributed by atoms with Crippen LogP contribution in [0.4, 0.5) is 5.95 Å². The summed E-state index contributed by atoms with van der Waals surface area (Å²) < 4.78 is 15.2. The molecule has 0 amide bonds. The lowest BCUT2D eigenvalue weighted by atomic mass is 10.0. The van der Waals surface area contributed by atoms with Crippen LogP contribution < -0.4 is 10.5 Å². The number of nitrogens with zero attached hydrogens (tertiary/aromatic N) is 8. The van der Waals surface area contributed by atoms with Gasteiger partial charge in [0, 0.05) is 36.3 Å². The van der Waals surface area contributed by atoms with E-state index in [9.17, 15) is 5.11 Å². The Hall–Kier alpha value is -5.62. The van der Waals surface area contributed by atoms with E-state index < -0.39 is 5.60 Å². The monoisotopic (exact) mass is 545 g/mol. The maximum atomic E-state index is 10.3. The van der Waals surface area contributed by atoms with E-state index in [1.165, 1.54) is 0 Å². The molecular formula is C29H23N9O3. The highest BCUT2D eigenvalue weighted by atomic mass is 16.5. The van der Waals surface area contributed by atoms with E-state index in [4.69, 9.17) is 14.9 Å². The van der Waals surface area contributed by atoms with Crippen molar-refractivity contribution in [3.05, 3.63) is 91.2 Å². The van der Waals surface area contributed by atoms with Crippen molar-refractivity contribution in [2.24, 2.45) is 0 Å². The molecule has 1 aromatic carbocycles. The zero-order valence-corrected chi connectivity index (χ0v) is 22.0. The maximum absolute atomic E-state index is 10.3. The zero-order valence-electron chi connectivity index (χ0n) is 22.0. The second-order valence-electron chi connectivity index (χ2n) is 9.89. The molecule has 3 N–H and O–H groups in total. The van der Waals surface area contributed by atoms with Crippen LogP contribution in [0.15, 0.2) is 89.9 Å². The molecule has 202 valence electrons. The maximum Gasteiger partial charge on any atom is 0.222 e. The minimum absolute atomic E-state index is 0.0558. The van der Waals surface area contributed by atoms with Gasteiger partial charge in [0.15, 0.2) is 11.6 Å². The van der Waals surface area contributed by atoms with Crippen LogP contribution in [0, 0.1) is 0 Å². The summed E-state index contributed by atoms with van der Waals surface area (Å²) in [6, 6.07) is 18.1. The van der Waals surface area contributed by atoms with Gasteiger partial charge in [-0.2, -0.15) is 9.67 Å². The average Bonchev–Trinajstić information content (AvgIpc) is 3.73. The third-order valence-corrected chi connectivity index (χ3v) is 6.53. The fourth-order valence-electron chi connectivity index (χ4n) is 4.60. The van der Waals surface area contributed by atoms with Crippen LogP contribution in [0.1, 0.15) is 19.5 Å². The second-order valence-corrected chi connectivity index (χ2v) is 9.89. The minimum Gasteiger partial charge on any atom is -0.463 e. The first kappa shape index (κ1) is 24.4. The van der Waals surface area contributed by atoms with E-state index in [0.717, 1.165) is 11.2 Å². The van der Waals surface area contributed by atoms with Crippen molar-refractivity contribution in [3.63, 3.8) is 0 Å². The summed E-state index contributed by atoms with van der Waals surface area (Å²) >= 11 is 0. The summed E-state index contributed by atoms with van der Waals surface area (Å²) in [6.07, 6.45) is 7.11. The lowest BCUT2D eigenvalue weighted by Crippen LogP contribution is -2.17. The summed E-state index contributed by atoms with van der Waals surface area (Å²) in [7, 11) is 0. The molecule has 0 saturated heterocycles. The molecule has 0 radical (unpaired) electrons. The Morgan fingerprint density at radius 3 is 2.73 bits per heavy atom. The molecule has 6 aromatic heterocycles. The van der Waals surface area contributed by atoms with Gasteiger partial charge in [-0.25, -0.2) is 15.0 Å². The van der Waals surface area contributed by atoms with Gasteiger partial charge in [-0.05, 0) is 56.3 Å². The molecule has 0 unspecified atom stereocenters. The molecule has 0 bridgehead atoms. The highest BCUT2D eigenvalue weighted by molar-refractivity contribution is 5.87. The summed E-state index contributed by atoms with van der Waals surface area (Å²) in [6.45, 7) is 3.34. The summed E-state index contributed by atoms with van der Waals surface area (Å²) in [5.74, 6) is 1.87. The predicted molar refractivity (Wildman–Crippen MR) is 150 cm³/mol. The SMILES string of the molecule is CC(C)(O)c1cccc(Oc2ccc3c(c2)nnn3-c2nc(N)nc(-c3ccco3)c2-c2ccc3nccn3c2)n1. The summed E-state index contributed by atoms with van der Waals surface area (Å²) in [4.78, 5) is 17.9. The van der Waals surface area contributed by atoms with Crippen LogP contribution in [0.3, 0.4) is 0 Å². The first-order valence-electron chi connectivity index (χ1n) is 12.7. The van der Waals surface area contributed by atoms with Gasteiger partial charge < -0.3 is 24.4 Å². The van der Waals surface area contributed by atoms with Gasteiger partial charge in [0.1, 0.15) is 28.2 Å². The molecule has 0 fully saturated rings. The van der Waals surface area contributed by atoms with Crippen molar-refractivity contribution in [3.8, 4) is 40.0 Å². The number of nitrogen functional groups attached to an aromatic ring is 1. The van der Waals surface area contributed by atoms with Gasteiger partial charge in [-0.3, -0.25) is 0 Å². The standard InChI is InChI=1S/C29H23N9O3/c1-29(2,39)22-6-3-7-24(32-22)41-18-9-10-20-19(15-18)35-36-38(20)27-25(17-8-11-23-31-12-13-37(23)16-17)26(33-28(30)34-27)21-5-4-14-40-21/h3-16,39H,1-2H3,(H2,30,33,34). The Morgan fingerprint density at radius 2 is 1.90 bits per heavy atom. The molecule has 7 rings (SSSR count). The first-order valence-corrected chi connectivity index (χ1v) is 12.7. The zero-order chi connectivity index (χ0) is 28.1. The van der Waals surface area contributed by atoms with Crippen LogP contribution in [0.25, 0.3) is 45.1 Å². The fraction of sp³-hybridized carbons (Fsp3) is 0.103. The van der Waals surface area contributed by atoms with Gasteiger partial charge in [0.2, 0.25) is 11.8 Å². The molecule has 0 aliphatic carbocycles. The number of rotatable bonds is 6. The largest absolute Gasteiger partial charge is 0.463 e. The van der Waals surface area contributed by atoms with Crippen molar-refractivity contribution in [1.82, 2.24) is 39.3 Å². The van der Waals surface area contributed by atoms with Crippen molar-refractivity contribution < 1.29 is 14.3 Å². The van der Waals surface area contributed by atoms with Crippen molar-refractivity contribution in [2.45, 2.75) is 19.4 Å². The quantitative estimate of drug-likeness (QED) is 0.298. The molecule has 0 saturated carbocycles. The van der Waals surface area contributed by atoms with Gasteiger partial charge in [-0.15, -0.1) is 5.10 Å². The van der Waals surface area contributed by atoms with Gasteiger partial charge in [0.25, 0.3) is 0 Å². The molecule has 0 aliphatic rings. The molecule has 7 aromatic rings. The molecule has 0 atom stereocenters. The van der Waals surface area contributed by atoms with E-state index in [2.05, 4.69) is 30.2 Å². The number of hydrogen-bond acceptors (Lipinski definition) is 10. The second kappa shape index (κ2) is 9.24. The highest BCUT2D eigenvalue weighted by Crippen LogP contribution is 2.37. The van der Waals surface area contributed by atoms with E-state index >= 15 is 0 Å². The summed E-state index contributed by atoms with van der Waals surface area (Å²) in [5, 5.41) is 19.1. The Kier molecular flexibility index (Phi) is 5.51. The number of aromatic nitrogens is 8.